The van der Waals surface area contributed by atoms with Gasteiger partial charge in [0, 0.05) is 0 Å². The summed E-state index contributed by atoms with van der Waals surface area (Å²) < 4.78 is 33.8. The summed E-state index contributed by atoms with van der Waals surface area (Å²) in [7, 11) is -4.41. The molecule has 1 saturated heterocycles. The van der Waals surface area contributed by atoms with Gasteiger partial charge in [0.15, 0.2) is 12.6 Å². The number of aliphatic hydroxyl groups is 2. The summed E-state index contributed by atoms with van der Waals surface area (Å²) in [5, 5.41) is 23.3. The predicted molar refractivity (Wildman–Crippen MR) is 66.2 cm³/mol. The largest absolute Gasteiger partial charge is 0.387 e. The molecule has 124 valence electrons. The Morgan fingerprint density at radius 1 is 1.55 bits per heavy atom. The molecule has 1 aliphatic rings. The maximum absolute atomic E-state index is 12.2. The first-order chi connectivity index (χ1) is 10.2. The number of hydrogen-bond acceptors (Lipinski definition) is 8. The first-order valence-corrected chi connectivity index (χ1v) is 7.76. The molecule has 1 aromatic rings. The van der Waals surface area contributed by atoms with E-state index in [9.17, 15) is 24.0 Å². The van der Waals surface area contributed by atoms with E-state index in [1.807, 2.05) is 0 Å². The van der Waals surface area contributed by atoms with Crippen LogP contribution in [-0.2, 0) is 13.8 Å². The maximum atomic E-state index is 12.2. The zero-order valence-electron chi connectivity index (χ0n) is 11.0. The number of nitrogens with zero attached hydrogens (tertiary/aromatic N) is 3. The van der Waals surface area contributed by atoms with Gasteiger partial charge in [0.25, 0.3) is 5.91 Å². The number of alkyl halides is 1. The lowest BCUT2D eigenvalue weighted by Gasteiger charge is -2.16. The lowest BCUT2D eigenvalue weighted by molar-refractivity contribution is -0.0566. The number of primary amides is 1. The number of nitrogens with two attached hydrogens (primary N) is 1. The summed E-state index contributed by atoms with van der Waals surface area (Å²) in [5.41, 5.74) is 4.98. The molecule has 1 amide bonds. The van der Waals surface area contributed by atoms with Crippen molar-refractivity contribution in [1.29, 1.82) is 0 Å². The molecule has 5 N–H and O–H groups in total. The summed E-state index contributed by atoms with van der Waals surface area (Å²) in [5.74, 6) is -1.21. The Hall–Kier alpha value is -1.43. The highest BCUT2D eigenvalue weighted by molar-refractivity contribution is 7.52. The number of halogens is 1. The molecule has 5 atom stereocenters. The third-order valence-corrected chi connectivity index (χ3v) is 3.77. The fraction of sp³-hybridized carbons (Fsp3) is 0.667. The van der Waals surface area contributed by atoms with Gasteiger partial charge < -0.3 is 30.1 Å². The molecule has 2 unspecified atom stereocenters. The first kappa shape index (κ1) is 16.9. The third-order valence-electron chi connectivity index (χ3n) is 2.92. The van der Waals surface area contributed by atoms with Crippen LogP contribution >= 0.6 is 7.60 Å². The predicted octanol–water partition coefficient (Wildman–Crippen LogP) is -1.87. The van der Waals surface area contributed by atoms with Crippen LogP contribution in [0, 0.1) is 0 Å². The number of aromatic nitrogens is 3. The minimum absolute atomic E-state index is 0.317. The molecule has 0 aromatic carbocycles. The number of rotatable bonds is 6. The van der Waals surface area contributed by atoms with Gasteiger partial charge in [-0.3, -0.25) is 9.36 Å². The lowest BCUT2D eigenvalue weighted by atomic mass is 10.1. The van der Waals surface area contributed by atoms with E-state index >= 15 is 0 Å². The molecule has 2 heterocycles. The number of carbonyl (C=O) groups is 1. The van der Waals surface area contributed by atoms with Crippen LogP contribution in [0.1, 0.15) is 16.8 Å². The summed E-state index contributed by atoms with van der Waals surface area (Å²) in [6, 6.07) is 0. The second kappa shape index (κ2) is 6.36. The molecule has 0 spiro atoms. The lowest BCUT2D eigenvalue weighted by Crippen LogP contribution is -2.33. The summed E-state index contributed by atoms with van der Waals surface area (Å²) in [6.07, 6.45) is -5.90. The zero-order valence-corrected chi connectivity index (χ0v) is 11.9. The Labute approximate surface area is 123 Å². The van der Waals surface area contributed by atoms with E-state index in [1.54, 1.807) is 0 Å². The van der Waals surface area contributed by atoms with Gasteiger partial charge in [-0.25, -0.2) is 14.1 Å². The van der Waals surface area contributed by atoms with E-state index in [0.717, 1.165) is 11.0 Å². The number of amides is 1. The van der Waals surface area contributed by atoms with E-state index in [0.29, 0.717) is 0 Å². The molecule has 0 radical (unpaired) electrons. The van der Waals surface area contributed by atoms with Crippen molar-refractivity contribution in [1.82, 2.24) is 14.8 Å². The molecule has 2 rings (SSSR count). The maximum Gasteiger partial charge on any atom is 0.358 e. The van der Waals surface area contributed by atoms with Gasteiger partial charge in [-0.2, -0.15) is 0 Å². The highest BCUT2D eigenvalue weighted by Gasteiger charge is 2.45. The van der Waals surface area contributed by atoms with Gasteiger partial charge in [-0.05, 0) is 0 Å². The quantitative estimate of drug-likeness (QED) is 0.433. The van der Waals surface area contributed by atoms with Crippen LogP contribution < -0.4 is 5.73 Å². The van der Waals surface area contributed by atoms with Crippen molar-refractivity contribution in [2.75, 3.05) is 13.0 Å². The molecule has 1 fully saturated rings. The standard InChI is InChI=1S/C9H14FN4O7P/c10-2-22(18,19)20-1-4-5(15)6(16)9(21-4)14-3-12-8(13-14)7(11)17/h3-6,9,15-16H,1-2H2,(H2,11,17)(H,18,19)/t4?,5-,6-,9-/m1/s1. The molecule has 0 aliphatic carbocycles. The van der Waals surface area contributed by atoms with E-state index < -0.39 is 51.1 Å². The van der Waals surface area contributed by atoms with Crippen LogP contribution in [0.3, 0.4) is 0 Å². The summed E-state index contributed by atoms with van der Waals surface area (Å²) in [6.45, 7) is -0.621. The van der Waals surface area contributed by atoms with Gasteiger partial charge in [0.2, 0.25) is 5.82 Å². The monoisotopic (exact) mass is 340 g/mol. The second-order valence-electron chi connectivity index (χ2n) is 4.51. The first-order valence-electron chi connectivity index (χ1n) is 6.00. The van der Waals surface area contributed by atoms with Gasteiger partial charge in [0.1, 0.15) is 24.6 Å². The van der Waals surface area contributed by atoms with E-state index in [2.05, 4.69) is 14.6 Å². The Morgan fingerprint density at radius 2 is 2.23 bits per heavy atom. The number of aliphatic hydroxyl groups excluding tert-OH is 2. The topological polar surface area (TPSA) is 170 Å². The Morgan fingerprint density at radius 3 is 2.77 bits per heavy atom. The van der Waals surface area contributed by atoms with Gasteiger partial charge >= 0.3 is 7.60 Å². The van der Waals surface area contributed by atoms with Crippen LogP contribution in [-0.4, -0.2) is 67.1 Å². The van der Waals surface area contributed by atoms with Crippen molar-refractivity contribution >= 4 is 13.5 Å². The van der Waals surface area contributed by atoms with Crippen LogP contribution in [0.25, 0.3) is 0 Å². The van der Waals surface area contributed by atoms with Gasteiger partial charge in [-0.15, -0.1) is 5.10 Å². The number of ether oxygens (including phenoxy) is 1. The van der Waals surface area contributed by atoms with Crippen molar-refractivity contribution in [2.24, 2.45) is 5.73 Å². The fourth-order valence-electron chi connectivity index (χ4n) is 1.82. The average Bonchev–Trinajstić information content (AvgIpc) is 3.05. The number of carbonyl (C=O) groups excluding carboxylic acids is 1. The molecule has 13 heteroatoms. The fourth-order valence-corrected chi connectivity index (χ4v) is 2.27. The highest BCUT2D eigenvalue weighted by atomic mass is 31.2. The van der Waals surface area contributed by atoms with Crippen LogP contribution in [0.5, 0.6) is 0 Å². The summed E-state index contributed by atoms with van der Waals surface area (Å²) >= 11 is 0. The molecule has 0 bridgehead atoms. The van der Waals surface area contributed by atoms with Crippen molar-refractivity contribution in [2.45, 2.75) is 24.5 Å². The molecule has 11 nitrogen and oxygen atoms in total. The third kappa shape index (κ3) is 3.48. The normalized spacial score (nSPS) is 31.1. The van der Waals surface area contributed by atoms with Crippen molar-refractivity contribution in [3.63, 3.8) is 0 Å². The Balaban J connectivity index is 2.06. The van der Waals surface area contributed by atoms with Crippen molar-refractivity contribution in [3.05, 3.63) is 12.2 Å². The molecular formula is C9H14FN4O7P. The smallest absolute Gasteiger partial charge is 0.358 e. The minimum atomic E-state index is -4.41. The van der Waals surface area contributed by atoms with Gasteiger partial charge in [-0.1, -0.05) is 0 Å². The zero-order chi connectivity index (χ0) is 16.5. The minimum Gasteiger partial charge on any atom is -0.387 e. The molecule has 1 aromatic heterocycles. The molecule has 22 heavy (non-hydrogen) atoms. The number of hydrogen-bond donors (Lipinski definition) is 4. The van der Waals surface area contributed by atoms with E-state index in [4.69, 9.17) is 15.4 Å². The van der Waals surface area contributed by atoms with Crippen LogP contribution in [0.4, 0.5) is 4.39 Å². The Bertz CT molecular complexity index is 598. The SMILES string of the molecule is NC(=O)c1ncn([C@@H]2OC(COP(=O)(O)CF)[C@@H](O)[C@H]2O)n1. The molecular weight excluding hydrogens is 326 g/mol. The van der Waals surface area contributed by atoms with Crippen molar-refractivity contribution < 1.29 is 38.1 Å². The van der Waals surface area contributed by atoms with Crippen LogP contribution in [0.15, 0.2) is 6.33 Å². The molecule has 0 saturated carbocycles. The summed E-state index contributed by atoms with van der Waals surface area (Å²) in [4.78, 5) is 23.4. The van der Waals surface area contributed by atoms with Crippen molar-refractivity contribution in [3.8, 4) is 0 Å². The highest BCUT2D eigenvalue weighted by Crippen LogP contribution is 2.43. The van der Waals surface area contributed by atoms with Crippen LogP contribution in [0.2, 0.25) is 0 Å². The second-order valence-corrected chi connectivity index (χ2v) is 6.28. The van der Waals surface area contributed by atoms with E-state index in [1.165, 1.54) is 0 Å². The van der Waals surface area contributed by atoms with Gasteiger partial charge in [0.05, 0.1) is 6.61 Å². The Kier molecular flexibility index (Phi) is 4.90. The van der Waals surface area contributed by atoms with E-state index in [-0.39, 0.29) is 5.82 Å². The molecule has 1 aliphatic heterocycles. The average molecular weight is 340 g/mol.